The molecule has 2 aromatic heterocycles. The number of aromatic nitrogens is 2. The highest BCUT2D eigenvalue weighted by atomic mass is 19.4. The lowest BCUT2D eigenvalue weighted by atomic mass is 9.94. The third-order valence-electron chi connectivity index (χ3n) is 5.74. The van der Waals surface area contributed by atoms with Crippen LogP contribution in [0.5, 0.6) is 5.88 Å². The Balaban J connectivity index is 1.73. The van der Waals surface area contributed by atoms with Gasteiger partial charge in [0.25, 0.3) is 0 Å². The highest BCUT2D eigenvalue weighted by Crippen LogP contribution is 2.38. The van der Waals surface area contributed by atoms with E-state index in [2.05, 4.69) is 15.3 Å². The minimum absolute atomic E-state index is 0.0782. The number of nitrogens with zero attached hydrogens (tertiary/aromatic N) is 4. The number of carbonyl (C=O) groups is 1. The van der Waals surface area contributed by atoms with E-state index in [4.69, 9.17) is 16.2 Å². The topological polar surface area (TPSA) is 143 Å². The van der Waals surface area contributed by atoms with Crippen molar-refractivity contribution in [1.82, 2.24) is 14.9 Å². The van der Waals surface area contributed by atoms with Crippen LogP contribution < -0.4 is 21.5 Å². The minimum Gasteiger partial charge on any atom is -0.477 e. The number of nitrogen functional groups attached to an aromatic ring is 1. The number of halogens is 3. The van der Waals surface area contributed by atoms with Gasteiger partial charge in [0.15, 0.2) is 5.69 Å². The fraction of sp³-hybridized carbons (Fsp3) is 0.455. The van der Waals surface area contributed by atoms with E-state index >= 15 is 0 Å². The Labute approximate surface area is 194 Å². The predicted molar refractivity (Wildman–Crippen MR) is 120 cm³/mol. The lowest BCUT2D eigenvalue weighted by Crippen LogP contribution is -2.39. The molecule has 0 aliphatic carbocycles. The molecule has 12 heteroatoms. The van der Waals surface area contributed by atoms with Crippen LogP contribution in [-0.4, -0.2) is 54.1 Å². The standard InChI is InChI=1S/C22H26F3N7O2/c1-29-17-9-16(31-18(10-26)20(17)28)14-8-15(22(23,24)25)21(30-11-14)34-7-4-13-2-5-32(6-3-13)12-19(27)33/h8-9,11,13H,2-7,12,28H2,1H3,(H2,27,33)(H,29,31). The minimum atomic E-state index is -4.70. The SMILES string of the molecule is CNc1cc(-c2cnc(OCCC3CCN(CC(N)=O)CC3)c(C(F)(F)F)c2)nc(C#N)c1N. The molecule has 0 radical (unpaired) electrons. The van der Waals surface area contributed by atoms with Gasteiger partial charge >= 0.3 is 6.18 Å². The molecule has 182 valence electrons. The second kappa shape index (κ2) is 10.6. The van der Waals surface area contributed by atoms with Crippen LogP contribution in [0.3, 0.4) is 0 Å². The van der Waals surface area contributed by atoms with E-state index in [0.29, 0.717) is 25.2 Å². The van der Waals surface area contributed by atoms with Gasteiger partial charge in [-0.3, -0.25) is 9.69 Å². The fourth-order valence-corrected chi connectivity index (χ4v) is 3.88. The predicted octanol–water partition coefficient (Wildman–Crippen LogP) is 2.62. The van der Waals surface area contributed by atoms with Gasteiger partial charge < -0.3 is 21.5 Å². The number of hydrogen-bond donors (Lipinski definition) is 3. The monoisotopic (exact) mass is 477 g/mol. The summed E-state index contributed by atoms with van der Waals surface area (Å²) in [6.45, 7) is 1.71. The van der Waals surface area contributed by atoms with Gasteiger partial charge in [0.2, 0.25) is 11.8 Å². The van der Waals surface area contributed by atoms with E-state index in [-0.39, 0.29) is 47.6 Å². The fourth-order valence-electron chi connectivity index (χ4n) is 3.88. The molecule has 0 atom stereocenters. The van der Waals surface area contributed by atoms with Gasteiger partial charge in [0.05, 0.1) is 30.2 Å². The highest BCUT2D eigenvalue weighted by Gasteiger charge is 2.36. The van der Waals surface area contributed by atoms with Gasteiger partial charge in [-0.1, -0.05) is 0 Å². The van der Waals surface area contributed by atoms with E-state index in [1.165, 1.54) is 12.3 Å². The highest BCUT2D eigenvalue weighted by molar-refractivity contribution is 5.77. The third kappa shape index (κ3) is 6.05. The molecular formula is C22H26F3N7O2. The number of hydrogen-bond acceptors (Lipinski definition) is 8. The van der Waals surface area contributed by atoms with Crippen molar-refractivity contribution in [1.29, 1.82) is 5.26 Å². The van der Waals surface area contributed by atoms with Crippen LogP contribution in [0.4, 0.5) is 24.5 Å². The average Bonchev–Trinajstić information content (AvgIpc) is 2.79. The Kier molecular flexibility index (Phi) is 7.78. The second-order valence-electron chi connectivity index (χ2n) is 8.08. The number of piperidine rings is 1. The number of likely N-dealkylation sites (tertiary alicyclic amines) is 1. The molecule has 0 saturated carbocycles. The number of anilines is 2. The van der Waals surface area contributed by atoms with Crippen molar-refractivity contribution in [3.05, 3.63) is 29.6 Å². The average molecular weight is 477 g/mol. The van der Waals surface area contributed by atoms with Crippen LogP contribution in [0.1, 0.15) is 30.5 Å². The quantitative estimate of drug-likeness (QED) is 0.527. The van der Waals surface area contributed by atoms with E-state index in [1.54, 1.807) is 7.05 Å². The first-order valence-electron chi connectivity index (χ1n) is 10.7. The summed E-state index contributed by atoms with van der Waals surface area (Å²) in [5.41, 5.74) is 10.6. The van der Waals surface area contributed by atoms with Crippen LogP contribution in [0, 0.1) is 17.2 Å². The molecule has 3 heterocycles. The largest absolute Gasteiger partial charge is 0.477 e. The normalized spacial score (nSPS) is 15.0. The van der Waals surface area contributed by atoms with Crippen molar-refractivity contribution >= 4 is 17.3 Å². The number of nitrogens with one attached hydrogen (secondary N) is 1. The smallest absolute Gasteiger partial charge is 0.421 e. The zero-order valence-corrected chi connectivity index (χ0v) is 18.7. The van der Waals surface area contributed by atoms with Crippen LogP contribution in [0.25, 0.3) is 11.3 Å². The summed E-state index contributed by atoms with van der Waals surface area (Å²) in [6.07, 6.45) is -1.27. The van der Waals surface area contributed by atoms with Crippen molar-refractivity contribution in [2.24, 2.45) is 11.7 Å². The van der Waals surface area contributed by atoms with Gasteiger partial charge in [-0.25, -0.2) is 9.97 Å². The zero-order chi connectivity index (χ0) is 24.9. The number of rotatable bonds is 8. The van der Waals surface area contributed by atoms with Gasteiger partial charge in [-0.05, 0) is 50.4 Å². The van der Waals surface area contributed by atoms with Crippen LogP contribution in [0.15, 0.2) is 18.3 Å². The first-order valence-corrected chi connectivity index (χ1v) is 10.7. The maximum atomic E-state index is 13.8. The summed E-state index contributed by atoms with van der Waals surface area (Å²) in [4.78, 5) is 21.0. The summed E-state index contributed by atoms with van der Waals surface area (Å²) in [7, 11) is 1.58. The van der Waals surface area contributed by atoms with Gasteiger partial charge in [0, 0.05) is 18.8 Å². The lowest BCUT2D eigenvalue weighted by Gasteiger charge is -2.30. The summed E-state index contributed by atoms with van der Waals surface area (Å²) in [5, 5.41) is 12.0. The summed E-state index contributed by atoms with van der Waals surface area (Å²) in [6, 6.07) is 4.20. The van der Waals surface area contributed by atoms with Crippen LogP contribution >= 0.6 is 0 Å². The van der Waals surface area contributed by atoms with E-state index in [9.17, 15) is 23.2 Å². The number of pyridine rings is 2. The van der Waals surface area contributed by atoms with Crippen LogP contribution in [0.2, 0.25) is 0 Å². The Morgan fingerprint density at radius 3 is 2.65 bits per heavy atom. The molecule has 5 N–H and O–H groups in total. The molecule has 34 heavy (non-hydrogen) atoms. The van der Waals surface area contributed by atoms with Crippen molar-refractivity contribution < 1.29 is 22.7 Å². The van der Waals surface area contributed by atoms with Crippen molar-refractivity contribution in [3.8, 4) is 23.2 Å². The molecule has 1 aliphatic heterocycles. The molecule has 0 aromatic carbocycles. The van der Waals surface area contributed by atoms with E-state index < -0.39 is 17.6 Å². The summed E-state index contributed by atoms with van der Waals surface area (Å²) >= 11 is 0. The molecule has 0 spiro atoms. The maximum Gasteiger partial charge on any atom is 0.421 e. The Morgan fingerprint density at radius 2 is 2.06 bits per heavy atom. The zero-order valence-electron chi connectivity index (χ0n) is 18.7. The van der Waals surface area contributed by atoms with Gasteiger partial charge in [-0.15, -0.1) is 0 Å². The molecule has 1 aliphatic rings. The van der Waals surface area contributed by atoms with Crippen molar-refractivity contribution in [3.63, 3.8) is 0 Å². The summed E-state index contributed by atoms with van der Waals surface area (Å²) < 4.78 is 46.7. The number of nitriles is 1. The molecule has 0 bridgehead atoms. The molecule has 1 amide bonds. The third-order valence-corrected chi connectivity index (χ3v) is 5.74. The maximum absolute atomic E-state index is 13.8. The number of primary amides is 1. The first-order chi connectivity index (χ1) is 16.1. The molecule has 0 unspecified atom stereocenters. The number of nitrogens with two attached hydrogens (primary N) is 2. The molecule has 2 aromatic rings. The molecule has 1 fully saturated rings. The summed E-state index contributed by atoms with van der Waals surface area (Å²) in [5.74, 6) is -0.607. The molecule has 9 nitrogen and oxygen atoms in total. The van der Waals surface area contributed by atoms with Crippen LogP contribution in [-0.2, 0) is 11.0 Å². The number of alkyl halides is 3. The number of amides is 1. The van der Waals surface area contributed by atoms with E-state index in [0.717, 1.165) is 18.9 Å². The van der Waals surface area contributed by atoms with Gasteiger partial charge in [0.1, 0.15) is 11.6 Å². The Bertz CT molecular complexity index is 1080. The Hall–Kier alpha value is -3.59. The first kappa shape index (κ1) is 25.0. The second-order valence-corrected chi connectivity index (χ2v) is 8.08. The van der Waals surface area contributed by atoms with Crippen molar-refractivity contribution in [2.45, 2.75) is 25.4 Å². The Morgan fingerprint density at radius 1 is 1.35 bits per heavy atom. The van der Waals surface area contributed by atoms with Crippen molar-refractivity contribution in [2.75, 3.05) is 44.3 Å². The number of carbonyl (C=O) groups excluding carboxylic acids is 1. The van der Waals surface area contributed by atoms with Gasteiger partial charge in [-0.2, -0.15) is 18.4 Å². The molecular weight excluding hydrogens is 451 g/mol. The number of ether oxygens (including phenoxy) is 1. The molecule has 3 rings (SSSR count). The van der Waals surface area contributed by atoms with E-state index in [1.807, 2.05) is 11.0 Å². The molecule has 1 saturated heterocycles. The lowest BCUT2D eigenvalue weighted by molar-refractivity contribution is -0.139.